The van der Waals surface area contributed by atoms with Crippen molar-refractivity contribution < 1.29 is 19.9 Å². The number of methoxy groups -OCH3 is 1. The van der Waals surface area contributed by atoms with Crippen LogP contribution in [-0.4, -0.2) is 33.4 Å². The zero-order valence-electron chi connectivity index (χ0n) is 12.6. The number of nitro groups is 1. The lowest BCUT2D eigenvalue weighted by Gasteiger charge is -2.08. The number of aliphatic hydroxyl groups is 1. The molecule has 2 aromatic rings. The van der Waals surface area contributed by atoms with Crippen LogP contribution in [0.25, 0.3) is 0 Å². The average molecular weight is 317 g/mol. The molecule has 0 aliphatic heterocycles. The van der Waals surface area contributed by atoms with E-state index in [0.717, 1.165) is 0 Å². The number of hydrogen-bond acceptors (Lipinski definition) is 7. The third-order valence-electron chi connectivity index (χ3n) is 3.23. The van der Waals surface area contributed by atoms with Crippen LogP contribution in [0.2, 0.25) is 0 Å². The van der Waals surface area contributed by atoms with E-state index in [0.29, 0.717) is 22.6 Å². The fourth-order valence-electron chi connectivity index (χ4n) is 1.95. The van der Waals surface area contributed by atoms with E-state index in [4.69, 9.17) is 4.74 Å². The lowest BCUT2D eigenvalue weighted by molar-refractivity contribution is -0.384. The van der Waals surface area contributed by atoms with Gasteiger partial charge in [0.05, 0.1) is 24.3 Å². The van der Waals surface area contributed by atoms with Gasteiger partial charge >= 0.3 is 0 Å². The summed E-state index contributed by atoms with van der Waals surface area (Å²) < 4.78 is 5.12. The van der Waals surface area contributed by atoms with Gasteiger partial charge in [-0.25, -0.2) is 0 Å². The van der Waals surface area contributed by atoms with Gasteiger partial charge in [0.25, 0.3) is 5.69 Å². The van der Waals surface area contributed by atoms with Gasteiger partial charge in [-0.05, 0) is 13.0 Å². The average Bonchev–Trinajstić information content (AvgIpc) is 2.55. The minimum absolute atomic E-state index is 0.107. The number of aliphatic imine (C=N–C) groups is 1. The molecular weight excluding hydrogens is 302 g/mol. The Labute approximate surface area is 131 Å². The van der Waals surface area contributed by atoms with E-state index in [1.165, 1.54) is 37.7 Å². The van der Waals surface area contributed by atoms with Crippen LogP contribution in [0.1, 0.15) is 16.8 Å². The van der Waals surface area contributed by atoms with Crippen molar-refractivity contribution in [1.82, 2.24) is 4.98 Å². The van der Waals surface area contributed by atoms with Crippen molar-refractivity contribution in [3.63, 3.8) is 0 Å². The van der Waals surface area contributed by atoms with E-state index in [1.54, 1.807) is 6.92 Å². The summed E-state index contributed by atoms with van der Waals surface area (Å²) in [5.74, 6) is 0.243. The number of nitrogens with zero attached hydrogens (tertiary/aromatic N) is 3. The molecule has 8 nitrogen and oxygen atoms in total. The molecule has 23 heavy (non-hydrogen) atoms. The minimum Gasteiger partial charge on any atom is -0.505 e. The summed E-state index contributed by atoms with van der Waals surface area (Å²) in [5, 5.41) is 30.2. The predicted molar refractivity (Wildman–Crippen MR) is 83.5 cm³/mol. The van der Waals surface area contributed by atoms with Gasteiger partial charge in [0, 0.05) is 35.7 Å². The van der Waals surface area contributed by atoms with Gasteiger partial charge in [0.1, 0.15) is 17.2 Å². The Bertz CT molecular complexity index is 774. The topological polar surface area (TPSA) is 118 Å². The van der Waals surface area contributed by atoms with Gasteiger partial charge < -0.3 is 14.9 Å². The number of rotatable bonds is 5. The van der Waals surface area contributed by atoms with Crippen LogP contribution in [0.5, 0.6) is 11.5 Å². The molecule has 8 heteroatoms. The Morgan fingerprint density at radius 2 is 2.22 bits per heavy atom. The molecule has 0 aliphatic rings. The molecule has 0 saturated heterocycles. The molecule has 0 unspecified atom stereocenters. The highest BCUT2D eigenvalue weighted by atomic mass is 16.6. The smallest absolute Gasteiger partial charge is 0.271 e. The molecule has 0 radical (unpaired) electrons. The molecule has 0 bridgehead atoms. The first-order chi connectivity index (χ1) is 11.0. The number of nitro benzene ring substituents is 1. The second kappa shape index (κ2) is 6.84. The minimum atomic E-state index is -0.536. The first-order valence-electron chi connectivity index (χ1n) is 6.62. The van der Waals surface area contributed by atoms with E-state index in [1.807, 2.05) is 0 Å². The lowest BCUT2D eigenvalue weighted by Crippen LogP contribution is -1.98. The molecule has 2 rings (SSSR count). The van der Waals surface area contributed by atoms with E-state index in [-0.39, 0.29) is 23.7 Å². The van der Waals surface area contributed by atoms with Gasteiger partial charge in [-0.1, -0.05) is 0 Å². The summed E-state index contributed by atoms with van der Waals surface area (Å²) >= 11 is 0. The van der Waals surface area contributed by atoms with Crippen molar-refractivity contribution in [3.05, 3.63) is 51.3 Å². The lowest BCUT2D eigenvalue weighted by atomic mass is 10.1. The Morgan fingerprint density at radius 1 is 1.48 bits per heavy atom. The van der Waals surface area contributed by atoms with E-state index in [2.05, 4.69) is 9.98 Å². The van der Waals surface area contributed by atoms with Gasteiger partial charge in [-0.15, -0.1) is 0 Å². The number of aromatic nitrogens is 1. The van der Waals surface area contributed by atoms with Gasteiger partial charge in [-0.3, -0.25) is 20.1 Å². The molecule has 0 aliphatic carbocycles. The summed E-state index contributed by atoms with van der Waals surface area (Å²) in [6.45, 7) is 1.29. The van der Waals surface area contributed by atoms with Crippen molar-refractivity contribution in [1.29, 1.82) is 0 Å². The molecule has 1 aromatic heterocycles. The normalized spacial score (nSPS) is 10.9. The third kappa shape index (κ3) is 3.43. The van der Waals surface area contributed by atoms with E-state index in [9.17, 15) is 20.3 Å². The molecular formula is C15H15N3O5. The largest absolute Gasteiger partial charge is 0.505 e. The number of hydrogen-bond donors (Lipinski definition) is 2. The fourth-order valence-corrected chi connectivity index (χ4v) is 1.95. The summed E-state index contributed by atoms with van der Waals surface area (Å²) in [6.07, 6.45) is 2.75. The number of pyridine rings is 1. The van der Waals surface area contributed by atoms with Crippen LogP contribution in [-0.2, 0) is 6.61 Å². The number of non-ortho nitro benzene ring substituents is 1. The molecule has 120 valence electrons. The first kappa shape index (κ1) is 16.4. The number of benzene rings is 1. The van der Waals surface area contributed by atoms with Gasteiger partial charge in [0.2, 0.25) is 0 Å². The molecule has 0 fully saturated rings. The maximum Gasteiger partial charge on any atom is 0.271 e. The zero-order valence-corrected chi connectivity index (χ0v) is 12.6. The molecule has 1 heterocycles. The highest BCUT2D eigenvalue weighted by Gasteiger charge is 2.12. The molecule has 1 aromatic carbocycles. The van der Waals surface area contributed by atoms with Crippen LogP contribution in [0.15, 0.2) is 29.4 Å². The summed E-state index contributed by atoms with van der Waals surface area (Å²) in [5.41, 5.74) is 1.18. The summed E-state index contributed by atoms with van der Waals surface area (Å²) in [7, 11) is 1.42. The number of aromatic hydroxyl groups is 1. The van der Waals surface area contributed by atoms with Crippen molar-refractivity contribution in [2.75, 3.05) is 7.11 Å². The Morgan fingerprint density at radius 3 is 2.83 bits per heavy atom. The highest BCUT2D eigenvalue weighted by Crippen LogP contribution is 2.32. The maximum absolute atomic E-state index is 10.9. The quantitative estimate of drug-likeness (QED) is 0.496. The molecule has 0 amide bonds. The maximum atomic E-state index is 10.9. The monoisotopic (exact) mass is 317 g/mol. The SMILES string of the molecule is COc1ccc([N+](=O)[O-])cc1N=Cc1c(CO)cnc(C)c1O. The van der Waals surface area contributed by atoms with Crippen LogP contribution < -0.4 is 4.74 Å². The molecule has 2 N–H and O–H groups in total. The second-order valence-electron chi connectivity index (χ2n) is 4.66. The van der Waals surface area contributed by atoms with Crippen molar-refractivity contribution >= 4 is 17.6 Å². The van der Waals surface area contributed by atoms with Gasteiger partial charge in [0.15, 0.2) is 0 Å². The number of aryl methyl sites for hydroxylation is 1. The van der Waals surface area contributed by atoms with Crippen LogP contribution in [0, 0.1) is 17.0 Å². The van der Waals surface area contributed by atoms with Gasteiger partial charge in [-0.2, -0.15) is 0 Å². The molecule has 0 spiro atoms. The van der Waals surface area contributed by atoms with E-state index >= 15 is 0 Å². The first-order valence-corrected chi connectivity index (χ1v) is 6.62. The predicted octanol–water partition coefficient (Wildman–Crippen LogP) is 2.26. The van der Waals surface area contributed by atoms with Crippen molar-refractivity contribution in [3.8, 4) is 11.5 Å². The summed E-state index contributed by atoms with van der Waals surface area (Å²) in [6, 6.07) is 4.01. The van der Waals surface area contributed by atoms with Crippen LogP contribution in [0.4, 0.5) is 11.4 Å². The zero-order chi connectivity index (χ0) is 17.0. The fraction of sp³-hybridized carbons (Fsp3) is 0.200. The third-order valence-corrected chi connectivity index (χ3v) is 3.23. The standard InChI is InChI=1S/C15H15N3O5/c1-9-15(20)12(10(8-19)6-16-9)7-17-13-5-11(18(21)22)3-4-14(13)23-2/h3-7,19-20H,8H2,1-2H3. The highest BCUT2D eigenvalue weighted by molar-refractivity contribution is 5.88. The molecule has 0 atom stereocenters. The Hall–Kier alpha value is -3.00. The number of aliphatic hydroxyl groups excluding tert-OH is 1. The van der Waals surface area contributed by atoms with Crippen molar-refractivity contribution in [2.45, 2.75) is 13.5 Å². The summed E-state index contributed by atoms with van der Waals surface area (Å²) in [4.78, 5) is 18.4. The second-order valence-corrected chi connectivity index (χ2v) is 4.66. The molecule has 0 saturated carbocycles. The number of ether oxygens (including phenoxy) is 1. The van der Waals surface area contributed by atoms with E-state index < -0.39 is 4.92 Å². The Balaban J connectivity index is 2.50. The Kier molecular flexibility index (Phi) is 4.87. The van der Waals surface area contributed by atoms with Crippen LogP contribution >= 0.6 is 0 Å². The van der Waals surface area contributed by atoms with Crippen molar-refractivity contribution in [2.24, 2.45) is 4.99 Å². The van der Waals surface area contributed by atoms with Crippen LogP contribution in [0.3, 0.4) is 0 Å².